The predicted molar refractivity (Wildman–Crippen MR) is 151 cm³/mol. The van der Waals surface area contributed by atoms with Crippen molar-refractivity contribution in [3.05, 3.63) is 83.6 Å². The Morgan fingerprint density at radius 2 is 1.56 bits per heavy atom. The summed E-state index contributed by atoms with van der Waals surface area (Å²) in [7, 11) is -2.71. The van der Waals surface area contributed by atoms with Crippen LogP contribution in [0.5, 0.6) is 0 Å². The average molecular weight is 549 g/mol. The van der Waals surface area contributed by atoms with E-state index in [0.717, 1.165) is 34.1 Å². The lowest BCUT2D eigenvalue weighted by molar-refractivity contribution is -0.143. The van der Waals surface area contributed by atoms with Gasteiger partial charge in [0.1, 0.15) is 11.6 Å². The molecule has 0 fully saturated rings. The molecule has 4 aromatic rings. The molecule has 2 N–H and O–H groups in total. The first-order valence-electron chi connectivity index (χ1n) is 12.7. The fourth-order valence-electron chi connectivity index (χ4n) is 4.48. The summed E-state index contributed by atoms with van der Waals surface area (Å²) in [4.78, 5) is 25.0. The Labute approximate surface area is 228 Å². The number of esters is 1. The van der Waals surface area contributed by atoms with Crippen LogP contribution in [0.2, 0.25) is 0 Å². The zero-order valence-corrected chi connectivity index (χ0v) is 23.4. The minimum atomic E-state index is -3.93. The molecule has 0 aliphatic rings. The van der Waals surface area contributed by atoms with E-state index in [9.17, 15) is 18.0 Å². The van der Waals surface area contributed by atoms with Crippen molar-refractivity contribution in [3.8, 4) is 11.1 Å². The van der Waals surface area contributed by atoms with Gasteiger partial charge in [0.05, 0.1) is 12.0 Å². The van der Waals surface area contributed by atoms with E-state index in [1.54, 1.807) is 38.1 Å². The lowest BCUT2D eigenvalue weighted by atomic mass is 10.0. The number of carbonyl (C=O) groups is 2. The highest BCUT2D eigenvalue weighted by atomic mass is 32.2. The van der Waals surface area contributed by atoms with Crippen LogP contribution in [-0.4, -0.2) is 33.4 Å². The topological polar surface area (TPSA) is 115 Å². The molecule has 8 nitrogen and oxygen atoms in total. The smallest absolute Gasteiger partial charge is 0.324 e. The molecular weight excluding hydrogens is 516 g/mol. The van der Waals surface area contributed by atoms with E-state index in [1.165, 1.54) is 19.2 Å². The maximum Gasteiger partial charge on any atom is 0.324 e. The van der Waals surface area contributed by atoms with Crippen molar-refractivity contribution in [1.82, 2.24) is 4.72 Å². The number of nitrogens with one attached hydrogen (secondary N) is 2. The highest BCUT2D eigenvalue weighted by Gasteiger charge is 2.29. The van der Waals surface area contributed by atoms with Crippen LogP contribution in [-0.2, 0) is 26.0 Å². The molecule has 0 aliphatic heterocycles. The number of methoxy groups -OCH3 is 1. The van der Waals surface area contributed by atoms with Gasteiger partial charge in [0.15, 0.2) is 5.76 Å². The molecule has 204 valence electrons. The van der Waals surface area contributed by atoms with Crippen LogP contribution < -0.4 is 10.0 Å². The summed E-state index contributed by atoms with van der Waals surface area (Å²) in [5, 5.41) is 3.87. The van der Waals surface area contributed by atoms with Crippen molar-refractivity contribution in [2.45, 2.75) is 45.1 Å². The number of aryl methyl sites for hydroxylation is 2. The van der Waals surface area contributed by atoms with Crippen molar-refractivity contribution in [1.29, 1.82) is 0 Å². The number of furan rings is 1. The van der Waals surface area contributed by atoms with Crippen LogP contribution in [0, 0.1) is 12.8 Å². The molecule has 0 saturated heterocycles. The Kier molecular flexibility index (Phi) is 8.22. The van der Waals surface area contributed by atoms with Crippen molar-refractivity contribution in [2.24, 2.45) is 5.92 Å². The van der Waals surface area contributed by atoms with Crippen LogP contribution in [0.25, 0.3) is 22.1 Å². The maximum absolute atomic E-state index is 13.0. The van der Waals surface area contributed by atoms with E-state index >= 15 is 0 Å². The largest absolute Gasteiger partial charge is 0.468 e. The van der Waals surface area contributed by atoms with Gasteiger partial charge < -0.3 is 14.5 Å². The number of ether oxygens (including phenoxy) is 1. The maximum atomic E-state index is 13.0. The molecule has 3 aromatic carbocycles. The van der Waals surface area contributed by atoms with Crippen LogP contribution in [0.15, 0.2) is 76.0 Å². The number of hydrogen-bond acceptors (Lipinski definition) is 6. The third-order valence-electron chi connectivity index (χ3n) is 6.67. The lowest BCUT2D eigenvalue weighted by Crippen LogP contribution is -2.44. The summed E-state index contributed by atoms with van der Waals surface area (Å²) >= 11 is 0. The van der Waals surface area contributed by atoms with Crippen LogP contribution >= 0.6 is 0 Å². The summed E-state index contributed by atoms with van der Waals surface area (Å²) in [5.41, 5.74) is 4.87. The second kappa shape index (κ2) is 11.4. The van der Waals surface area contributed by atoms with Crippen molar-refractivity contribution < 1.29 is 27.2 Å². The Morgan fingerprint density at radius 3 is 2.13 bits per heavy atom. The van der Waals surface area contributed by atoms with Crippen molar-refractivity contribution >= 4 is 38.6 Å². The van der Waals surface area contributed by atoms with E-state index in [4.69, 9.17) is 9.15 Å². The molecule has 0 spiro atoms. The third kappa shape index (κ3) is 5.89. The van der Waals surface area contributed by atoms with Crippen LogP contribution in [0.1, 0.15) is 42.5 Å². The Morgan fingerprint density at radius 1 is 0.949 bits per heavy atom. The van der Waals surface area contributed by atoms with E-state index < -0.39 is 22.0 Å². The fraction of sp³-hybridized carbons (Fsp3) is 0.267. The number of anilines is 1. The molecule has 0 unspecified atom stereocenters. The van der Waals surface area contributed by atoms with Gasteiger partial charge in [0, 0.05) is 16.6 Å². The molecule has 0 radical (unpaired) electrons. The molecule has 1 aromatic heterocycles. The number of rotatable bonds is 9. The highest BCUT2D eigenvalue weighted by molar-refractivity contribution is 7.89. The summed E-state index contributed by atoms with van der Waals surface area (Å²) in [5.74, 6) is -0.965. The summed E-state index contributed by atoms with van der Waals surface area (Å²) < 4.78 is 38.7. The summed E-state index contributed by atoms with van der Waals surface area (Å²) in [6.45, 7) is 7.43. The van der Waals surface area contributed by atoms with Crippen molar-refractivity contribution in [3.63, 3.8) is 0 Å². The lowest BCUT2D eigenvalue weighted by Gasteiger charge is -2.19. The number of carbonyl (C=O) groups excluding carboxylic acids is 2. The Balaban J connectivity index is 1.48. The number of benzene rings is 3. The quantitative estimate of drug-likeness (QED) is 0.259. The Bertz CT molecular complexity index is 1600. The molecule has 1 atom stereocenters. The molecule has 39 heavy (non-hydrogen) atoms. The Hall–Kier alpha value is -3.95. The average Bonchev–Trinajstić information content (AvgIpc) is 3.28. The fourth-order valence-corrected chi connectivity index (χ4v) is 5.81. The summed E-state index contributed by atoms with van der Waals surface area (Å²) in [6.07, 6.45) is 0.843. The molecule has 1 amide bonds. The SMILES string of the molecule is CCc1cccc2oc(C(=O)Nc3ccc(-c4ccc(S(=O)(=O)N[C@H](C(=O)OC)C(C)C)cc4)cc3)c(C)c12. The predicted octanol–water partition coefficient (Wildman–Crippen LogP) is 5.70. The molecular formula is C30H32N2O6S. The minimum Gasteiger partial charge on any atom is -0.468 e. The number of sulfonamides is 1. The standard InChI is InChI=1S/C30H32N2O6S/c1-6-20-8-7-9-25-26(20)19(4)28(38-25)29(33)31-23-14-10-21(11-15-23)22-12-16-24(17-13-22)39(35,36)32-27(18(2)3)30(34)37-5/h7-18,27,32H,6H2,1-5H3,(H,31,33)/t27-/m0/s1. The minimum absolute atomic E-state index is 0.0390. The molecule has 9 heteroatoms. The molecule has 0 aliphatic carbocycles. The normalized spacial score (nSPS) is 12.5. The van der Waals surface area contributed by atoms with Gasteiger partial charge in [-0.1, -0.05) is 57.2 Å². The second-order valence-corrected chi connectivity index (χ2v) is 11.3. The van der Waals surface area contributed by atoms with E-state index in [2.05, 4.69) is 17.0 Å². The number of amides is 1. The van der Waals surface area contributed by atoms with E-state index in [-0.39, 0.29) is 22.5 Å². The first kappa shape index (κ1) is 28.1. The highest BCUT2D eigenvalue weighted by Crippen LogP contribution is 2.30. The van der Waals surface area contributed by atoms with Gasteiger partial charge >= 0.3 is 5.97 Å². The molecule has 0 bridgehead atoms. The monoisotopic (exact) mass is 548 g/mol. The third-order valence-corrected chi connectivity index (χ3v) is 8.13. The second-order valence-electron chi connectivity index (χ2n) is 9.62. The molecule has 4 rings (SSSR count). The number of hydrogen-bond donors (Lipinski definition) is 2. The van der Waals surface area contributed by atoms with E-state index in [1.807, 2.05) is 37.3 Å². The van der Waals surface area contributed by atoms with Gasteiger partial charge in [-0.2, -0.15) is 4.72 Å². The first-order chi connectivity index (χ1) is 18.6. The zero-order chi connectivity index (χ0) is 28.3. The van der Waals surface area contributed by atoms with Gasteiger partial charge in [0.2, 0.25) is 10.0 Å². The first-order valence-corrected chi connectivity index (χ1v) is 14.2. The van der Waals surface area contributed by atoms with Gasteiger partial charge in [-0.05, 0) is 66.3 Å². The summed E-state index contributed by atoms with van der Waals surface area (Å²) in [6, 6.07) is 18.4. The van der Waals surface area contributed by atoms with E-state index in [0.29, 0.717) is 11.3 Å². The van der Waals surface area contributed by atoms with Gasteiger partial charge in [0.25, 0.3) is 5.91 Å². The van der Waals surface area contributed by atoms with Crippen molar-refractivity contribution in [2.75, 3.05) is 12.4 Å². The molecule has 0 saturated carbocycles. The van der Waals surface area contributed by atoms with Gasteiger partial charge in [-0.15, -0.1) is 0 Å². The van der Waals surface area contributed by atoms with Gasteiger partial charge in [-0.25, -0.2) is 8.42 Å². The molecule has 1 heterocycles. The number of fused-ring (bicyclic) bond motifs is 1. The zero-order valence-electron chi connectivity index (χ0n) is 22.6. The van der Waals surface area contributed by atoms with Crippen LogP contribution in [0.3, 0.4) is 0 Å². The van der Waals surface area contributed by atoms with Crippen LogP contribution in [0.4, 0.5) is 5.69 Å². The van der Waals surface area contributed by atoms with Gasteiger partial charge in [-0.3, -0.25) is 9.59 Å².